The Balaban J connectivity index is 1.71. The van der Waals surface area contributed by atoms with Gasteiger partial charge in [-0.15, -0.1) is 0 Å². The Labute approximate surface area is 146 Å². The Morgan fingerprint density at radius 1 is 1.17 bits per heavy atom. The number of fused-ring (bicyclic) bond motifs is 1. The lowest BCUT2D eigenvalue weighted by Gasteiger charge is -2.10. The summed E-state index contributed by atoms with van der Waals surface area (Å²) in [5.74, 6) is 1.75. The van der Waals surface area contributed by atoms with E-state index in [1.54, 1.807) is 0 Å². The number of thioether (sulfide) groups is 1. The third kappa shape index (κ3) is 3.09. The Hall–Kier alpha value is -1.75. The zero-order valence-electron chi connectivity index (χ0n) is 13.7. The standard InChI is InChI=1S/C19H22N2O2S/c22-19(23-15-11-12-24-13-15)18-16-9-5-2-6-10-17(16)21(20-18)14-7-3-1-4-8-14/h1,3-4,7-8,15H,2,5-6,9-13H2. The van der Waals surface area contributed by atoms with Gasteiger partial charge in [0.05, 0.1) is 5.69 Å². The number of rotatable bonds is 3. The van der Waals surface area contributed by atoms with Crippen molar-refractivity contribution in [2.45, 2.75) is 44.6 Å². The Morgan fingerprint density at radius 2 is 2.00 bits per heavy atom. The molecule has 0 spiro atoms. The Bertz CT molecular complexity index is 720. The van der Waals surface area contributed by atoms with Crippen LogP contribution >= 0.6 is 11.8 Å². The topological polar surface area (TPSA) is 44.1 Å². The van der Waals surface area contributed by atoms with Crippen LogP contribution in [0, 0.1) is 0 Å². The van der Waals surface area contributed by atoms with Gasteiger partial charge in [-0.25, -0.2) is 9.48 Å². The lowest BCUT2D eigenvalue weighted by atomic mass is 10.1. The quantitative estimate of drug-likeness (QED) is 0.628. The Kier molecular flexibility index (Phi) is 4.60. The number of ether oxygens (including phenoxy) is 1. The molecule has 0 radical (unpaired) electrons. The molecular formula is C19H22N2O2S. The van der Waals surface area contributed by atoms with Crippen molar-refractivity contribution < 1.29 is 9.53 Å². The number of carbonyl (C=O) groups excluding carboxylic acids is 1. The molecule has 2 aromatic rings. The predicted molar refractivity (Wildman–Crippen MR) is 96.0 cm³/mol. The molecular weight excluding hydrogens is 320 g/mol. The van der Waals surface area contributed by atoms with Crippen LogP contribution in [-0.2, 0) is 17.6 Å². The number of hydrogen-bond acceptors (Lipinski definition) is 4. The lowest BCUT2D eigenvalue weighted by Crippen LogP contribution is -2.19. The summed E-state index contributed by atoms with van der Waals surface area (Å²) in [6.07, 6.45) is 6.38. The maximum Gasteiger partial charge on any atom is 0.359 e. The summed E-state index contributed by atoms with van der Waals surface area (Å²) in [6.45, 7) is 0. The molecule has 0 bridgehead atoms. The summed E-state index contributed by atoms with van der Waals surface area (Å²) in [5.41, 5.74) is 3.84. The first-order valence-electron chi connectivity index (χ1n) is 8.78. The molecule has 1 aromatic heterocycles. The lowest BCUT2D eigenvalue weighted by molar-refractivity contribution is 0.0348. The molecule has 4 nitrogen and oxygen atoms in total. The maximum atomic E-state index is 12.7. The first kappa shape index (κ1) is 15.8. The van der Waals surface area contributed by atoms with E-state index >= 15 is 0 Å². The van der Waals surface area contributed by atoms with Crippen LogP contribution in [0.15, 0.2) is 30.3 Å². The van der Waals surface area contributed by atoms with Crippen molar-refractivity contribution in [1.82, 2.24) is 9.78 Å². The van der Waals surface area contributed by atoms with E-state index < -0.39 is 0 Å². The zero-order valence-corrected chi connectivity index (χ0v) is 14.6. The molecule has 1 aromatic carbocycles. The molecule has 0 amide bonds. The summed E-state index contributed by atoms with van der Waals surface area (Å²) in [6, 6.07) is 10.1. The average Bonchev–Trinajstić information content (AvgIpc) is 3.17. The van der Waals surface area contributed by atoms with Crippen molar-refractivity contribution in [3.05, 3.63) is 47.3 Å². The van der Waals surface area contributed by atoms with Crippen molar-refractivity contribution in [2.75, 3.05) is 11.5 Å². The van der Waals surface area contributed by atoms with Crippen molar-refractivity contribution in [3.8, 4) is 5.69 Å². The van der Waals surface area contributed by atoms with Crippen LogP contribution in [0.25, 0.3) is 5.69 Å². The first-order valence-corrected chi connectivity index (χ1v) is 9.93. The van der Waals surface area contributed by atoms with E-state index in [0.29, 0.717) is 5.69 Å². The van der Waals surface area contributed by atoms with Crippen LogP contribution in [0.4, 0.5) is 0 Å². The SMILES string of the molecule is O=C(OC1CCSC1)c1nn(-c2ccccc2)c2c1CCCCC2. The van der Waals surface area contributed by atoms with Crippen LogP contribution in [0.1, 0.15) is 47.4 Å². The molecule has 1 atom stereocenters. The number of carbonyl (C=O) groups is 1. The van der Waals surface area contributed by atoms with Crippen LogP contribution < -0.4 is 0 Å². The minimum absolute atomic E-state index is 0.0470. The molecule has 24 heavy (non-hydrogen) atoms. The number of aromatic nitrogens is 2. The number of hydrogen-bond donors (Lipinski definition) is 0. The van der Waals surface area contributed by atoms with E-state index in [1.165, 1.54) is 12.1 Å². The van der Waals surface area contributed by atoms with E-state index in [-0.39, 0.29) is 12.1 Å². The van der Waals surface area contributed by atoms with Gasteiger partial charge in [0.25, 0.3) is 0 Å². The number of esters is 1. The fraction of sp³-hybridized carbons (Fsp3) is 0.474. The molecule has 0 N–H and O–H groups in total. The monoisotopic (exact) mass is 342 g/mol. The van der Waals surface area contributed by atoms with Gasteiger partial charge in [0.1, 0.15) is 6.10 Å². The summed E-state index contributed by atoms with van der Waals surface area (Å²) < 4.78 is 7.68. The maximum absolute atomic E-state index is 12.7. The van der Waals surface area contributed by atoms with Gasteiger partial charge >= 0.3 is 5.97 Å². The molecule has 2 aliphatic rings. The smallest absolute Gasteiger partial charge is 0.359 e. The third-order valence-electron chi connectivity index (χ3n) is 4.79. The zero-order chi connectivity index (χ0) is 16.4. The normalized spacial score (nSPS) is 20.4. The number of para-hydroxylation sites is 1. The van der Waals surface area contributed by atoms with Gasteiger partial charge in [-0.2, -0.15) is 16.9 Å². The summed E-state index contributed by atoms with van der Waals surface area (Å²) in [5, 5.41) is 4.68. The van der Waals surface area contributed by atoms with Gasteiger partial charge in [0.2, 0.25) is 0 Å². The van der Waals surface area contributed by atoms with E-state index in [9.17, 15) is 4.79 Å². The van der Waals surface area contributed by atoms with Crippen molar-refractivity contribution in [2.24, 2.45) is 0 Å². The summed E-state index contributed by atoms with van der Waals surface area (Å²) in [4.78, 5) is 12.7. The third-order valence-corrected chi connectivity index (χ3v) is 5.92. The highest BCUT2D eigenvalue weighted by molar-refractivity contribution is 7.99. The highest BCUT2D eigenvalue weighted by Gasteiger charge is 2.28. The molecule has 1 aliphatic heterocycles. The molecule has 0 saturated carbocycles. The van der Waals surface area contributed by atoms with E-state index in [2.05, 4.69) is 5.10 Å². The largest absolute Gasteiger partial charge is 0.457 e. The fourth-order valence-corrected chi connectivity index (χ4v) is 4.63. The van der Waals surface area contributed by atoms with E-state index in [0.717, 1.165) is 54.9 Å². The summed E-state index contributed by atoms with van der Waals surface area (Å²) >= 11 is 1.85. The number of nitrogens with zero attached hydrogens (tertiary/aromatic N) is 2. The molecule has 1 aliphatic carbocycles. The van der Waals surface area contributed by atoms with Gasteiger partial charge in [0.15, 0.2) is 5.69 Å². The highest BCUT2D eigenvalue weighted by atomic mass is 32.2. The van der Waals surface area contributed by atoms with Crippen LogP contribution in [-0.4, -0.2) is 33.4 Å². The first-order chi connectivity index (χ1) is 11.8. The number of benzene rings is 1. The second kappa shape index (κ2) is 7.01. The minimum atomic E-state index is -0.240. The second-order valence-corrected chi connectivity index (χ2v) is 7.62. The Morgan fingerprint density at radius 3 is 2.79 bits per heavy atom. The molecule has 126 valence electrons. The molecule has 1 saturated heterocycles. The van der Waals surface area contributed by atoms with Crippen molar-refractivity contribution >= 4 is 17.7 Å². The van der Waals surface area contributed by atoms with Crippen LogP contribution in [0.5, 0.6) is 0 Å². The van der Waals surface area contributed by atoms with E-state index in [1.807, 2.05) is 46.8 Å². The van der Waals surface area contributed by atoms with Gasteiger partial charge in [-0.1, -0.05) is 24.6 Å². The van der Waals surface area contributed by atoms with Crippen LogP contribution in [0.3, 0.4) is 0 Å². The van der Waals surface area contributed by atoms with Gasteiger partial charge in [0, 0.05) is 17.0 Å². The predicted octanol–water partition coefficient (Wildman–Crippen LogP) is 3.80. The second-order valence-electron chi connectivity index (χ2n) is 6.47. The minimum Gasteiger partial charge on any atom is -0.457 e. The van der Waals surface area contributed by atoms with Crippen LogP contribution in [0.2, 0.25) is 0 Å². The molecule has 1 fully saturated rings. The van der Waals surface area contributed by atoms with Gasteiger partial charge in [-0.3, -0.25) is 0 Å². The fourth-order valence-electron chi connectivity index (χ4n) is 3.54. The molecule has 1 unspecified atom stereocenters. The highest BCUT2D eigenvalue weighted by Crippen LogP contribution is 2.28. The summed E-state index contributed by atoms with van der Waals surface area (Å²) in [7, 11) is 0. The van der Waals surface area contributed by atoms with Gasteiger partial charge in [-0.05, 0) is 50.0 Å². The van der Waals surface area contributed by atoms with Crippen molar-refractivity contribution in [1.29, 1.82) is 0 Å². The van der Waals surface area contributed by atoms with Crippen molar-refractivity contribution in [3.63, 3.8) is 0 Å². The average molecular weight is 342 g/mol. The molecule has 2 heterocycles. The van der Waals surface area contributed by atoms with E-state index in [4.69, 9.17) is 4.74 Å². The molecule has 5 heteroatoms. The molecule has 4 rings (SSSR count). The van der Waals surface area contributed by atoms with Gasteiger partial charge < -0.3 is 4.74 Å².